The fraction of sp³-hybridized carbons (Fsp3) is 0.333. The second-order valence-electron chi connectivity index (χ2n) is 4.22. The van der Waals surface area contributed by atoms with Gasteiger partial charge in [-0.15, -0.1) is 0 Å². The van der Waals surface area contributed by atoms with Crippen LogP contribution in [0.1, 0.15) is 12.8 Å². The summed E-state index contributed by atoms with van der Waals surface area (Å²) in [5.41, 5.74) is 0. The average Bonchev–Trinajstić information content (AvgIpc) is 2.75. The summed E-state index contributed by atoms with van der Waals surface area (Å²) in [7, 11) is 0. The Balaban J connectivity index is 0.00000112. The van der Waals surface area contributed by atoms with Gasteiger partial charge in [0, 0.05) is 0 Å². The Labute approximate surface area is 110 Å². The quantitative estimate of drug-likeness (QED) is 0.656. The minimum absolute atomic E-state index is 0. The first kappa shape index (κ1) is 13.4. The van der Waals surface area contributed by atoms with E-state index in [1.165, 1.54) is 12.8 Å². The van der Waals surface area contributed by atoms with Crippen LogP contribution in [-0.2, 0) is 17.1 Å². The summed E-state index contributed by atoms with van der Waals surface area (Å²) in [6.07, 6.45) is 16.5. The van der Waals surface area contributed by atoms with E-state index < -0.39 is 23.8 Å². The van der Waals surface area contributed by atoms with E-state index in [0.29, 0.717) is 0 Å². The number of rotatable bonds is 3. The van der Waals surface area contributed by atoms with Crippen molar-refractivity contribution in [2.45, 2.75) is 25.9 Å². The van der Waals surface area contributed by atoms with Gasteiger partial charge in [-0.05, 0) is 0 Å². The van der Waals surface area contributed by atoms with Crippen molar-refractivity contribution < 1.29 is 34.1 Å². The van der Waals surface area contributed by atoms with Crippen LogP contribution in [0.5, 0.6) is 0 Å². The van der Waals surface area contributed by atoms with Crippen molar-refractivity contribution in [1.29, 1.82) is 0 Å². The second kappa shape index (κ2) is 6.19. The summed E-state index contributed by atoms with van der Waals surface area (Å²) in [6.45, 7) is 4.63. The smallest absolute Gasteiger partial charge is 1.00 e. The van der Waals surface area contributed by atoms with E-state index in [-0.39, 0.29) is 17.0 Å². The van der Waals surface area contributed by atoms with E-state index >= 15 is 0 Å². The number of halogens is 1. The molecule has 0 nitrogen and oxygen atoms in total. The topological polar surface area (TPSA) is 0 Å². The van der Waals surface area contributed by atoms with Crippen molar-refractivity contribution >= 4 is 6.66 Å². The molecule has 0 amide bonds. The Hall–Kier alpha value is 0.371. The first-order chi connectivity index (χ1) is 6.79. The average molecular weight is 317 g/mol. The zero-order valence-corrected chi connectivity index (χ0v) is 13.6. The Morgan fingerprint density at radius 2 is 1.47 bits per heavy atom. The standard InChI is InChI=1S/2C5H5.C2H7Si.BrH.Ti/c2*1-2-4-5-3-1;1-3-2;;/h2*1-3H,4H2;3H,1-2H3;1H;/q;;;;+1/p-1. The molecule has 2 rings (SSSR count). The van der Waals surface area contributed by atoms with Crippen molar-refractivity contribution in [2.24, 2.45) is 0 Å². The van der Waals surface area contributed by atoms with Crippen LogP contribution in [0.15, 0.2) is 44.2 Å². The van der Waals surface area contributed by atoms with E-state index in [1.54, 1.807) is 0 Å². The molecule has 3 heteroatoms. The molecule has 0 aromatic carbocycles. The van der Waals surface area contributed by atoms with Gasteiger partial charge in [-0.2, -0.15) is 0 Å². The SMILES string of the molecule is C[SiH](C)[Ti+]([C]1=CC=CC1)[C]1=CC=CC1.[Br-]. The van der Waals surface area contributed by atoms with Crippen LogP contribution in [0.3, 0.4) is 0 Å². The fourth-order valence-electron chi connectivity index (χ4n) is 2.24. The minimum Gasteiger partial charge on any atom is -1.00 e. The van der Waals surface area contributed by atoms with Crippen LogP contribution in [0, 0.1) is 0 Å². The van der Waals surface area contributed by atoms with Gasteiger partial charge in [0.05, 0.1) is 0 Å². The summed E-state index contributed by atoms with van der Waals surface area (Å²) < 4.78 is 3.64. The molecule has 0 aromatic rings. The molecule has 0 radical (unpaired) electrons. The van der Waals surface area contributed by atoms with Crippen LogP contribution in [-0.4, -0.2) is 6.66 Å². The van der Waals surface area contributed by atoms with Gasteiger partial charge in [0.1, 0.15) is 0 Å². The van der Waals surface area contributed by atoms with Gasteiger partial charge in [0.25, 0.3) is 0 Å². The van der Waals surface area contributed by atoms with Gasteiger partial charge in [-0.1, -0.05) is 0 Å². The Bertz CT molecular complexity index is 310. The van der Waals surface area contributed by atoms with Crippen molar-refractivity contribution in [2.75, 3.05) is 0 Å². The number of hydrogen-bond donors (Lipinski definition) is 0. The molecule has 0 aliphatic heterocycles. The van der Waals surface area contributed by atoms with Crippen LogP contribution in [0.25, 0.3) is 0 Å². The molecule has 15 heavy (non-hydrogen) atoms. The van der Waals surface area contributed by atoms with E-state index in [9.17, 15) is 0 Å². The molecular formula is C12H17BrSiTi. The van der Waals surface area contributed by atoms with E-state index in [0.717, 1.165) is 0 Å². The van der Waals surface area contributed by atoms with E-state index in [2.05, 4.69) is 49.6 Å². The fourth-order valence-corrected chi connectivity index (χ4v) is 15.0. The van der Waals surface area contributed by atoms with Crippen molar-refractivity contribution in [1.82, 2.24) is 0 Å². The predicted octanol–water partition coefficient (Wildman–Crippen LogP) is 0.280. The third-order valence-corrected chi connectivity index (χ3v) is 15.8. The van der Waals surface area contributed by atoms with Crippen LogP contribution in [0.4, 0.5) is 0 Å². The Kier molecular flexibility index (Phi) is 5.55. The van der Waals surface area contributed by atoms with Crippen molar-refractivity contribution in [3.05, 3.63) is 44.2 Å². The number of allylic oxidation sites excluding steroid dienone is 8. The summed E-state index contributed by atoms with van der Waals surface area (Å²) in [5.74, 6) is 0. The molecular weight excluding hydrogens is 300 g/mol. The zero-order valence-electron chi connectivity index (χ0n) is 9.33. The second-order valence-corrected chi connectivity index (χ2v) is 17.6. The van der Waals surface area contributed by atoms with Crippen LogP contribution < -0.4 is 17.0 Å². The van der Waals surface area contributed by atoms with Crippen LogP contribution >= 0.6 is 0 Å². The third-order valence-electron chi connectivity index (χ3n) is 2.81. The molecule has 0 unspecified atom stereocenters. The van der Waals surface area contributed by atoms with E-state index in [1.807, 2.05) is 7.76 Å². The molecule has 0 atom stereocenters. The zero-order chi connectivity index (χ0) is 9.97. The van der Waals surface area contributed by atoms with Gasteiger partial charge in [-0.25, -0.2) is 0 Å². The maximum atomic E-state index is 2.54. The van der Waals surface area contributed by atoms with Gasteiger partial charge in [-0.3, -0.25) is 0 Å². The largest absolute Gasteiger partial charge is 1.00 e. The summed E-state index contributed by atoms with van der Waals surface area (Å²) in [6, 6.07) is 0. The molecule has 0 saturated carbocycles. The molecule has 0 heterocycles. The first-order valence-electron chi connectivity index (χ1n) is 5.38. The maximum absolute atomic E-state index is 2.54. The van der Waals surface area contributed by atoms with Gasteiger partial charge < -0.3 is 17.0 Å². The van der Waals surface area contributed by atoms with Gasteiger partial charge in [0.15, 0.2) is 0 Å². The molecule has 2 aliphatic carbocycles. The molecule has 0 aromatic heterocycles. The third kappa shape index (κ3) is 3.16. The summed E-state index contributed by atoms with van der Waals surface area (Å²) in [5, 5.41) is 0. The van der Waals surface area contributed by atoms with E-state index in [4.69, 9.17) is 0 Å². The molecule has 0 bridgehead atoms. The van der Waals surface area contributed by atoms with Gasteiger partial charge >= 0.3 is 93.9 Å². The molecule has 0 fully saturated rings. The Morgan fingerprint density at radius 3 is 1.73 bits per heavy atom. The Morgan fingerprint density at radius 1 is 1.00 bits per heavy atom. The molecule has 0 spiro atoms. The monoisotopic (exact) mass is 316 g/mol. The normalized spacial score (nSPS) is 17.8. The minimum atomic E-state index is -0.972. The molecule has 2 aliphatic rings. The van der Waals surface area contributed by atoms with Crippen LogP contribution in [0.2, 0.25) is 13.1 Å². The predicted molar refractivity (Wildman–Crippen MR) is 62.6 cm³/mol. The van der Waals surface area contributed by atoms with Crippen molar-refractivity contribution in [3.8, 4) is 0 Å². The first-order valence-corrected chi connectivity index (χ1v) is 12.5. The summed E-state index contributed by atoms with van der Waals surface area (Å²) >= 11 is -0.972. The van der Waals surface area contributed by atoms with Gasteiger partial charge in [0.2, 0.25) is 0 Å². The molecule has 0 N–H and O–H groups in total. The molecule has 80 valence electrons. The number of hydrogen-bond acceptors (Lipinski definition) is 0. The van der Waals surface area contributed by atoms with Crippen molar-refractivity contribution in [3.63, 3.8) is 0 Å². The maximum Gasteiger partial charge on any atom is -1.00 e. The molecule has 0 saturated heterocycles. The summed E-state index contributed by atoms with van der Waals surface area (Å²) in [4.78, 5) is 0.